The van der Waals surface area contributed by atoms with E-state index >= 15 is 0 Å². The quantitative estimate of drug-likeness (QED) is 0.862. The maximum atomic E-state index is 9.93. The number of aliphatic hydroxyl groups excluding tert-OH is 1. The number of hydrogen-bond donors (Lipinski definition) is 1. The predicted molar refractivity (Wildman–Crippen MR) is 88.8 cm³/mol. The molecule has 23 heavy (non-hydrogen) atoms. The summed E-state index contributed by atoms with van der Waals surface area (Å²) >= 11 is 0. The van der Waals surface area contributed by atoms with E-state index in [1.54, 1.807) is 6.92 Å². The Kier molecular flexibility index (Phi) is 3.13. The van der Waals surface area contributed by atoms with Crippen molar-refractivity contribution in [2.24, 2.45) is 16.2 Å². The van der Waals surface area contributed by atoms with Crippen molar-refractivity contribution in [1.82, 2.24) is 9.78 Å². The molecule has 0 amide bonds. The first-order chi connectivity index (χ1) is 10.6. The summed E-state index contributed by atoms with van der Waals surface area (Å²) < 4.78 is 8.36. The summed E-state index contributed by atoms with van der Waals surface area (Å²) in [5.41, 5.74) is 2.01. The monoisotopic (exact) mass is 318 g/mol. The van der Waals surface area contributed by atoms with E-state index < -0.39 is 6.29 Å². The van der Waals surface area contributed by atoms with Crippen molar-refractivity contribution in [1.29, 1.82) is 0 Å². The fourth-order valence-corrected chi connectivity index (χ4v) is 7.37. The van der Waals surface area contributed by atoms with Gasteiger partial charge in [0.1, 0.15) is 0 Å². The molecule has 4 nitrogen and oxygen atoms in total. The minimum Gasteiger partial charge on any atom is -0.368 e. The molecule has 4 aliphatic rings. The number of aryl methyl sites for hydroxylation is 1. The molecular weight excluding hydrogens is 288 g/mol. The van der Waals surface area contributed by atoms with Gasteiger partial charge in [-0.15, -0.1) is 0 Å². The highest BCUT2D eigenvalue weighted by molar-refractivity contribution is 5.17. The van der Waals surface area contributed by atoms with Crippen molar-refractivity contribution in [2.75, 3.05) is 0 Å². The van der Waals surface area contributed by atoms with Crippen LogP contribution in [0.3, 0.4) is 0 Å². The van der Waals surface area contributed by atoms with Crippen LogP contribution < -0.4 is 0 Å². The lowest BCUT2D eigenvalue weighted by molar-refractivity contribution is -0.287. The van der Waals surface area contributed by atoms with Crippen molar-refractivity contribution in [3.05, 3.63) is 18.0 Å². The topological polar surface area (TPSA) is 47.3 Å². The fourth-order valence-electron chi connectivity index (χ4n) is 7.37. The summed E-state index contributed by atoms with van der Waals surface area (Å²) in [7, 11) is 0. The first-order valence-electron chi connectivity index (χ1n) is 8.99. The third-order valence-electron chi connectivity index (χ3n) is 6.49. The van der Waals surface area contributed by atoms with Gasteiger partial charge in [-0.05, 0) is 74.7 Å². The number of ether oxygens (including phenoxy) is 1. The molecule has 4 aliphatic carbocycles. The van der Waals surface area contributed by atoms with Gasteiger partial charge in [-0.3, -0.25) is 4.68 Å². The van der Waals surface area contributed by atoms with E-state index in [1.165, 1.54) is 25.0 Å². The molecule has 4 heteroatoms. The van der Waals surface area contributed by atoms with Crippen LogP contribution in [0.5, 0.6) is 0 Å². The normalized spacial score (nSPS) is 46.3. The highest BCUT2D eigenvalue weighted by Crippen LogP contribution is 2.72. The van der Waals surface area contributed by atoms with E-state index in [9.17, 15) is 5.11 Å². The summed E-state index contributed by atoms with van der Waals surface area (Å²) in [5.74, 6) is 0. The average Bonchev–Trinajstić information content (AvgIpc) is 2.67. The molecule has 0 aliphatic heterocycles. The maximum Gasteiger partial charge on any atom is 0.152 e. The molecule has 1 aromatic heterocycles. The molecule has 3 unspecified atom stereocenters. The van der Waals surface area contributed by atoms with Crippen LogP contribution in [0, 0.1) is 23.2 Å². The minimum absolute atomic E-state index is 0.145. The van der Waals surface area contributed by atoms with E-state index in [4.69, 9.17) is 4.74 Å². The molecule has 4 saturated carbocycles. The second kappa shape index (κ2) is 4.60. The van der Waals surface area contributed by atoms with Gasteiger partial charge in [0.15, 0.2) is 6.29 Å². The minimum atomic E-state index is -0.679. The second-order valence-corrected chi connectivity index (χ2v) is 9.71. The fraction of sp³-hybridized carbons (Fsp3) is 0.842. The molecule has 0 spiro atoms. The standard InChI is InChI=1S/C19H30N2O2/c1-14-5-6-20-21(14)13-18-8-16(3)7-17(4,9-18)11-19(10-16,12-18)23-15(2)22/h5-6,15,22H,7-13H2,1-4H3. The van der Waals surface area contributed by atoms with Crippen LogP contribution in [0.1, 0.15) is 65.0 Å². The van der Waals surface area contributed by atoms with E-state index in [-0.39, 0.29) is 11.0 Å². The van der Waals surface area contributed by atoms with Gasteiger partial charge in [0, 0.05) is 18.4 Å². The van der Waals surface area contributed by atoms with E-state index in [0.29, 0.717) is 10.8 Å². The number of aromatic nitrogens is 2. The van der Waals surface area contributed by atoms with Gasteiger partial charge in [-0.2, -0.15) is 5.10 Å². The van der Waals surface area contributed by atoms with Gasteiger partial charge in [0.25, 0.3) is 0 Å². The second-order valence-electron chi connectivity index (χ2n) is 9.71. The smallest absolute Gasteiger partial charge is 0.152 e. The molecule has 1 aromatic rings. The third-order valence-corrected chi connectivity index (χ3v) is 6.49. The summed E-state index contributed by atoms with van der Waals surface area (Å²) in [5, 5.41) is 14.5. The lowest BCUT2D eigenvalue weighted by Gasteiger charge is -2.69. The largest absolute Gasteiger partial charge is 0.368 e. The highest BCUT2D eigenvalue weighted by Gasteiger charge is 2.66. The maximum absolute atomic E-state index is 9.93. The van der Waals surface area contributed by atoms with E-state index in [1.807, 2.05) is 6.20 Å². The molecular formula is C19H30N2O2. The van der Waals surface area contributed by atoms with Gasteiger partial charge in [0.05, 0.1) is 5.60 Å². The van der Waals surface area contributed by atoms with Gasteiger partial charge in [-0.25, -0.2) is 0 Å². The van der Waals surface area contributed by atoms with Crippen LogP contribution in [0.25, 0.3) is 0 Å². The molecule has 128 valence electrons. The zero-order valence-corrected chi connectivity index (χ0v) is 14.9. The Hall–Kier alpha value is -0.870. The summed E-state index contributed by atoms with van der Waals surface area (Å²) in [6, 6.07) is 2.09. The molecule has 0 saturated heterocycles. The number of rotatable bonds is 4. The van der Waals surface area contributed by atoms with Gasteiger partial charge < -0.3 is 9.84 Å². The zero-order valence-electron chi connectivity index (χ0n) is 14.9. The van der Waals surface area contributed by atoms with Crippen LogP contribution in [-0.4, -0.2) is 26.8 Å². The summed E-state index contributed by atoms with van der Waals surface area (Å²) in [6.07, 6.45) is 8.31. The Morgan fingerprint density at radius 3 is 2.35 bits per heavy atom. The first-order valence-corrected chi connectivity index (χ1v) is 8.99. The van der Waals surface area contributed by atoms with Crippen molar-refractivity contribution in [2.45, 2.75) is 84.7 Å². The zero-order chi connectivity index (χ0) is 16.5. The van der Waals surface area contributed by atoms with Crippen molar-refractivity contribution in [3.63, 3.8) is 0 Å². The SMILES string of the molecule is Cc1ccnn1CC12CC3(C)CC(C)(C1)CC(OC(C)O)(C3)C2. The van der Waals surface area contributed by atoms with Crippen LogP contribution in [-0.2, 0) is 11.3 Å². The third kappa shape index (κ3) is 2.54. The summed E-state index contributed by atoms with van der Waals surface area (Å²) in [6.45, 7) is 9.76. The highest BCUT2D eigenvalue weighted by atomic mass is 16.6. The molecule has 1 heterocycles. The average molecular weight is 318 g/mol. The number of nitrogens with zero attached hydrogens (tertiary/aromatic N) is 2. The van der Waals surface area contributed by atoms with Crippen molar-refractivity contribution < 1.29 is 9.84 Å². The van der Waals surface area contributed by atoms with Crippen LogP contribution in [0.15, 0.2) is 12.3 Å². The van der Waals surface area contributed by atoms with Gasteiger partial charge >= 0.3 is 0 Å². The molecule has 1 N–H and O–H groups in total. The molecule has 0 radical (unpaired) electrons. The van der Waals surface area contributed by atoms with Crippen molar-refractivity contribution in [3.8, 4) is 0 Å². The van der Waals surface area contributed by atoms with Gasteiger partial charge in [-0.1, -0.05) is 13.8 Å². The van der Waals surface area contributed by atoms with Crippen molar-refractivity contribution >= 4 is 0 Å². The van der Waals surface area contributed by atoms with E-state index in [2.05, 4.69) is 36.6 Å². The Balaban J connectivity index is 1.72. The number of hydrogen-bond acceptors (Lipinski definition) is 3. The van der Waals surface area contributed by atoms with Crippen LogP contribution in [0.4, 0.5) is 0 Å². The Bertz CT molecular complexity index is 603. The Labute approximate surface area is 139 Å². The Morgan fingerprint density at radius 1 is 1.17 bits per heavy atom. The van der Waals surface area contributed by atoms with Gasteiger partial charge in [0.2, 0.25) is 0 Å². The Morgan fingerprint density at radius 2 is 1.83 bits per heavy atom. The molecule has 0 aromatic carbocycles. The predicted octanol–water partition coefficient (Wildman–Crippen LogP) is 3.67. The molecule has 3 atom stereocenters. The molecule has 4 bridgehead atoms. The molecule has 4 fully saturated rings. The van der Waals surface area contributed by atoms with Crippen LogP contribution >= 0.6 is 0 Å². The number of aliphatic hydroxyl groups is 1. The first kappa shape index (κ1) is 15.6. The summed E-state index contributed by atoms with van der Waals surface area (Å²) in [4.78, 5) is 0. The van der Waals surface area contributed by atoms with E-state index in [0.717, 1.165) is 25.8 Å². The lowest BCUT2D eigenvalue weighted by Crippen LogP contribution is -2.64. The lowest BCUT2D eigenvalue weighted by atomic mass is 9.39. The molecule has 5 rings (SSSR count). The van der Waals surface area contributed by atoms with Crippen LogP contribution in [0.2, 0.25) is 0 Å².